The minimum Gasteiger partial charge on any atom is -0.459 e. The van der Waals surface area contributed by atoms with Gasteiger partial charge in [-0.05, 0) is 26.8 Å². The molecule has 0 bridgehead atoms. The molecular formula is C12H15NO5S. The topological polar surface area (TPSA) is 86.5 Å². The van der Waals surface area contributed by atoms with Gasteiger partial charge in [-0.2, -0.15) is 0 Å². The van der Waals surface area contributed by atoms with E-state index in [2.05, 4.69) is 0 Å². The van der Waals surface area contributed by atoms with Gasteiger partial charge in [-0.25, -0.2) is 0 Å². The molecule has 0 fully saturated rings. The van der Waals surface area contributed by atoms with E-state index in [4.69, 9.17) is 4.74 Å². The lowest BCUT2D eigenvalue weighted by Crippen LogP contribution is -2.27. The summed E-state index contributed by atoms with van der Waals surface area (Å²) in [4.78, 5) is 21.7. The Labute approximate surface area is 113 Å². The van der Waals surface area contributed by atoms with E-state index in [1.54, 1.807) is 20.8 Å². The van der Waals surface area contributed by atoms with E-state index >= 15 is 0 Å². The third-order valence-corrected chi connectivity index (χ3v) is 3.31. The predicted molar refractivity (Wildman–Crippen MR) is 70.2 cm³/mol. The Balaban J connectivity index is 2.85. The first-order chi connectivity index (χ1) is 8.70. The standard InChI is InChI=1S/C12H15NO5S/c1-12(2,3)18-11(14)8-19(17)10-7-5-4-6-9(10)13(15)16/h4-7H,8H2,1-3H3/t19-/m0/s1. The molecule has 7 heteroatoms. The molecule has 0 aliphatic carbocycles. The maximum Gasteiger partial charge on any atom is 0.319 e. The number of hydrogen-bond acceptors (Lipinski definition) is 5. The number of nitro benzene ring substituents is 1. The normalized spacial score (nSPS) is 12.8. The molecule has 0 N–H and O–H groups in total. The third kappa shape index (κ3) is 4.78. The van der Waals surface area contributed by atoms with Gasteiger partial charge in [-0.15, -0.1) is 0 Å². The molecule has 1 aromatic carbocycles. The fourth-order valence-corrected chi connectivity index (χ4v) is 2.39. The van der Waals surface area contributed by atoms with Crippen molar-refractivity contribution in [3.05, 3.63) is 34.4 Å². The lowest BCUT2D eigenvalue weighted by Gasteiger charge is -2.19. The highest BCUT2D eigenvalue weighted by molar-refractivity contribution is 7.85. The van der Waals surface area contributed by atoms with Crippen LogP contribution in [0.25, 0.3) is 0 Å². The summed E-state index contributed by atoms with van der Waals surface area (Å²) < 4.78 is 17.0. The van der Waals surface area contributed by atoms with Gasteiger partial charge in [-0.3, -0.25) is 19.1 Å². The number of esters is 1. The molecular weight excluding hydrogens is 270 g/mol. The Morgan fingerprint density at radius 1 is 1.37 bits per heavy atom. The van der Waals surface area contributed by atoms with Crippen molar-refractivity contribution in [2.45, 2.75) is 31.3 Å². The third-order valence-electron chi connectivity index (χ3n) is 1.98. The maximum atomic E-state index is 12.0. The Morgan fingerprint density at radius 3 is 2.47 bits per heavy atom. The number of nitro groups is 1. The second kappa shape index (κ2) is 5.92. The minimum atomic E-state index is -1.80. The van der Waals surface area contributed by atoms with Crippen LogP contribution in [0.15, 0.2) is 29.2 Å². The summed E-state index contributed by atoms with van der Waals surface area (Å²) in [5.41, 5.74) is -0.937. The average molecular weight is 285 g/mol. The molecule has 19 heavy (non-hydrogen) atoms. The van der Waals surface area contributed by atoms with Crippen LogP contribution in [0.4, 0.5) is 5.69 Å². The van der Waals surface area contributed by atoms with Crippen LogP contribution in [-0.2, 0) is 20.3 Å². The van der Waals surface area contributed by atoms with Crippen LogP contribution < -0.4 is 0 Å². The largest absolute Gasteiger partial charge is 0.459 e. The molecule has 0 radical (unpaired) electrons. The van der Waals surface area contributed by atoms with Crippen LogP contribution >= 0.6 is 0 Å². The van der Waals surface area contributed by atoms with Crippen LogP contribution in [0, 0.1) is 10.1 Å². The van der Waals surface area contributed by atoms with E-state index in [9.17, 15) is 19.1 Å². The van der Waals surface area contributed by atoms with Gasteiger partial charge in [0.05, 0.1) is 15.7 Å². The van der Waals surface area contributed by atoms with Gasteiger partial charge < -0.3 is 4.74 Å². The van der Waals surface area contributed by atoms with Crippen molar-refractivity contribution in [3.63, 3.8) is 0 Å². The average Bonchev–Trinajstić information content (AvgIpc) is 2.26. The lowest BCUT2D eigenvalue weighted by atomic mass is 10.2. The van der Waals surface area contributed by atoms with E-state index in [0.29, 0.717) is 0 Å². The number of carbonyl (C=O) groups excluding carboxylic acids is 1. The van der Waals surface area contributed by atoms with Crippen molar-refractivity contribution >= 4 is 22.5 Å². The number of hydrogen-bond donors (Lipinski definition) is 0. The second-order valence-electron chi connectivity index (χ2n) is 4.80. The summed E-state index contributed by atoms with van der Waals surface area (Å²) in [5, 5.41) is 10.8. The predicted octanol–water partition coefficient (Wildman–Crippen LogP) is 2.04. The quantitative estimate of drug-likeness (QED) is 0.480. The molecule has 0 aliphatic rings. The first-order valence-corrected chi connectivity index (χ1v) is 6.86. The number of rotatable bonds is 4. The molecule has 0 aliphatic heterocycles. The van der Waals surface area contributed by atoms with E-state index in [1.807, 2.05) is 0 Å². The number of carbonyl (C=O) groups is 1. The van der Waals surface area contributed by atoms with Gasteiger partial charge in [0.15, 0.2) is 0 Å². The Morgan fingerprint density at radius 2 is 1.95 bits per heavy atom. The van der Waals surface area contributed by atoms with Crippen LogP contribution in [-0.4, -0.2) is 26.5 Å². The van der Waals surface area contributed by atoms with Crippen molar-refractivity contribution in [3.8, 4) is 0 Å². The summed E-state index contributed by atoms with van der Waals surface area (Å²) in [6.45, 7) is 5.08. The first kappa shape index (κ1) is 15.3. The highest BCUT2D eigenvalue weighted by Crippen LogP contribution is 2.22. The smallest absolute Gasteiger partial charge is 0.319 e. The van der Waals surface area contributed by atoms with Crippen LogP contribution in [0.3, 0.4) is 0 Å². The SMILES string of the molecule is CC(C)(C)OC(=O)C[S@](=O)c1ccccc1[N+](=O)[O-]. The molecule has 0 spiro atoms. The van der Waals surface area contributed by atoms with E-state index in [1.165, 1.54) is 24.3 Å². The molecule has 1 rings (SSSR count). The van der Waals surface area contributed by atoms with Gasteiger partial charge in [0.2, 0.25) is 0 Å². The van der Waals surface area contributed by atoms with Gasteiger partial charge >= 0.3 is 5.97 Å². The van der Waals surface area contributed by atoms with Crippen molar-refractivity contribution in [1.29, 1.82) is 0 Å². The molecule has 0 aromatic heterocycles. The number of para-hydroxylation sites is 1. The highest BCUT2D eigenvalue weighted by atomic mass is 32.2. The first-order valence-electron chi connectivity index (χ1n) is 5.54. The fourth-order valence-electron chi connectivity index (χ4n) is 1.36. The summed E-state index contributed by atoms with van der Waals surface area (Å²) in [6.07, 6.45) is 0. The highest BCUT2D eigenvalue weighted by Gasteiger charge is 2.23. The second-order valence-corrected chi connectivity index (χ2v) is 6.22. The number of ether oxygens (including phenoxy) is 1. The van der Waals surface area contributed by atoms with Crippen molar-refractivity contribution < 1.29 is 18.7 Å². The van der Waals surface area contributed by atoms with E-state index in [0.717, 1.165) is 0 Å². The van der Waals surface area contributed by atoms with Crippen molar-refractivity contribution in [1.82, 2.24) is 0 Å². The van der Waals surface area contributed by atoms with E-state index in [-0.39, 0.29) is 10.6 Å². The number of nitrogens with zero attached hydrogens (tertiary/aromatic N) is 1. The molecule has 1 atom stereocenters. The summed E-state index contributed by atoms with van der Waals surface area (Å²) in [7, 11) is -1.80. The minimum absolute atomic E-state index is 0.0263. The van der Waals surface area contributed by atoms with Gasteiger partial charge in [0, 0.05) is 6.07 Å². The molecule has 0 unspecified atom stereocenters. The zero-order valence-electron chi connectivity index (χ0n) is 10.9. The molecule has 0 heterocycles. The Bertz CT molecular complexity index is 521. The van der Waals surface area contributed by atoms with Crippen molar-refractivity contribution in [2.75, 3.05) is 5.75 Å². The summed E-state index contributed by atoms with van der Waals surface area (Å²) >= 11 is 0. The van der Waals surface area contributed by atoms with Crippen LogP contribution in [0.2, 0.25) is 0 Å². The number of benzene rings is 1. The zero-order valence-corrected chi connectivity index (χ0v) is 11.7. The fraction of sp³-hybridized carbons (Fsp3) is 0.417. The zero-order chi connectivity index (χ0) is 14.6. The summed E-state index contributed by atoms with van der Waals surface area (Å²) in [6, 6.07) is 5.64. The van der Waals surface area contributed by atoms with E-state index < -0.39 is 33.0 Å². The monoisotopic (exact) mass is 285 g/mol. The molecule has 1 aromatic rings. The Hall–Kier alpha value is -1.76. The van der Waals surface area contributed by atoms with Gasteiger partial charge in [0.1, 0.15) is 16.2 Å². The molecule has 0 amide bonds. The van der Waals surface area contributed by atoms with Crippen molar-refractivity contribution in [2.24, 2.45) is 0 Å². The Kier molecular flexibility index (Phi) is 4.77. The van der Waals surface area contributed by atoms with Gasteiger partial charge in [-0.1, -0.05) is 12.1 Å². The molecule has 0 saturated carbocycles. The lowest BCUT2D eigenvalue weighted by molar-refractivity contribution is -0.387. The maximum absolute atomic E-state index is 12.0. The molecule has 104 valence electrons. The van der Waals surface area contributed by atoms with Gasteiger partial charge in [0.25, 0.3) is 5.69 Å². The molecule has 0 saturated heterocycles. The summed E-state index contributed by atoms with van der Waals surface area (Å²) in [5.74, 6) is -1.05. The van der Waals surface area contributed by atoms with Crippen LogP contribution in [0.1, 0.15) is 20.8 Å². The van der Waals surface area contributed by atoms with Crippen LogP contribution in [0.5, 0.6) is 0 Å². The molecule has 6 nitrogen and oxygen atoms in total.